The number of benzene rings is 1. The van der Waals surface area contributed by atoms with Gasteiger partial charge in [-0.15, -0.1) is 0 Å². The first-order valence-electron chi connectivity index (χ1n) is 7.15. The summed E-state index contributed by atoms with van der Waals surface area (Å²) in [7, 11) is 0. The Bertz CT molecular complexity index is 487. The van der Waals surface area contributed by atoms with E-state index < -0.39 is 5.41 Å². The third-order valence-corrected chi connectivity index (χ3v) is 2.93. The number of nitrogens with one attached hydrogen (secondary N) is 2. The fourth-order valence-electron chi connectivity index (χ4n) is 1.54. The monoisotopic (exact) mass is 291 g/mol. The van der Waals surface area contributed by atoms with Crippen molar-refractivity contribution in [1.29, 1.82) is 0 Å². The molecule has 0 fully saturated rings. The zero-order valence-electron chi connectivity index (χ0n) is 13.2. The van der Waals surface area contributed by atoms with Crippen LogP contribution in [0.1, 0.15) is 40.5 Å². The number of carbonyl (C=O) groups is 2. The molecule has 2 amide bonds. The molecule has 1 unspecified atom stereocenters. The summed E-state index contributed by atoms with van der Waals surface area (Å²) >= 11 is 0. The summed E-state index contributed by atoms with van der Waals surface area (Å²) < 4.78 is 0. The van der Waals surface area contributed by atoms with Gasteiger partial charge in [-0.05, 0) is 37.6 Å². The number of hydrogen-bond donors (Lipinski definition) is 3. The van der Waals surface area contributed by atoms with E-state index in [4.69, 9.17) is 5.73 Å². The number of nitrogens with two attached hydrogens (primary N) is 1. The Balaban J connectivity index is 2.54. The van der Waals surface area contributed by atoms with Crippen LogP contribution in [-0.2, 0) is 9.59 Å². The lowest BCUT2D eigenvalue weighted by atomic mass is 9.95. The molecule has 1 aromatic rings. The van der Waals surface area contributed by atoms with Crippen molar-refractivity contribution in [2.75, 3.05) is 10.6 Å². The Morgan fingerprint density at radius 1 is 1.10 bits per heavy atom. The van der Waals surface area contributed by atoms with Crippen molar-refractivity contribution in [3.05, 3.63) is 24.3 Å². The van der Waals surface area contributed by atoms with Gasteiger partial charge in [0, 0.05) is 29.3 Å². The second-order valence-electron chi connectivity index (χ2n) is 6.35. The first-order valence-corrected chi connectivity index (χ1v) is 7.15. The minimum atomic E-state index is -0.439. The second kappa shape index (κ2) is 7.22. The van der Waals surface area contributed by atoms with Gasteiger partial charge in [-0.3, -0.25) is 9.59 Å². The van der Waals surface area contributed by atoms with Gasteiger partial charge in [0.15, 0.2) is 0 Å². The quantitative estimate of drug-likeness (QED) is 0.780. The molecule has 0 aliphatic carbocycles. The molecule has 0 aromatic heterocycles. The smallest absolute Gasteiger partial charge is 0.229 e. The second-order valence-corrected chi connectivity index (χ2v) is 6.35. The third kappa shape index (κ3) is 6.40. The zero-order valence-corrected chi connectivity index (χ0v) is 13.2. The summed E-state index contributed by atoms with van der Waals surface area (Å²) in [5, 5.41) is 5.64. The number of anilines is 2. The first-order chi connectivity index (χ1) is 9.68. The van der Waals surface area contributed by atoms with Crippen molar-refractivity contribution in [2.45, 2.75) is 46.6 Å². The van der Waals surface area contributed by atoms with E-state index in [1.807, 2.05) is 27.7 Å². The van der Waals surface area contributed by atoms with E-state index in [-0.39, 0.29) is 17.9 Å². The number of amides is 2. The molecule has 0 aliphatic rings. The third-order valence-electron chi connectivity index (χ3n) is 2.93. The van der Waals surface area contributed by atoms with Gasteiger partial charge in [-0.25, -0.2) is 0 Å². The van der Waals surface area contributed by atoms with E-state index in [1.165, 1.54) is 0 Å². The van der Waals surface area contributed by atoms with Gasteiger partial charge < -0.3 is 16.4 Å². The number of rotatable bonds is 5. The average molecular weight is 291 g/mol. The number of hydrogen-bond acceptors (Lipinski definition) is 3. The predicted octanol–water partition coefficient (Wildman–Crippen LogP) is 2.74. The minimum Gasteiger partial charge on any atom is -0.328 e. The topological polar surface area (TPSA) is 84.2 Å². The Hall–Kier alpha value is -1.88. The van der Waals surface area contributed by atoms with Crippen molar-refractivity contribution in [2.24, 2.45) is 11.1 Å². The molecule has 5 heteroatoms. The average Bonchev–Trinajstić information content (AvgIpc) is 2.37. The molecule has 0 aliphatic heterocycles. The van der Waals surface area contributed by atoms with E-state index >= 15 is 0 Å². The van der Waals surface area contributed by atoms with Crippen molar-refractivity contribution < 1.29 is 9.59 Å². The highest BCUT2D eigenvalue weighted by Crippen LogP contribution is 2.19. The molecular weight excluding hydrogens is 266 g/mol. The normalized spacial score (nSPS) is 12.6. The molecule has 0 bridgehead atoms. The number of carbonyl (C=O) groups excluding carboxylic acids is 2. The molecule has 0 saturated carbocycles. The highest BCUT2D eigenvalue weighted by molar-refractivity contribution is 5.95. The zero-order chi connectivity index (χ0) is 16.0. The van der Waals surface area contributed by atoms with E-state index in [1.54, 1.807) is 24.3 Å². The fourth-order valence-corrected chi connectivity index (χ4v) is 1.54. The van der Waals surface area contributed by atoms with Crippen molar-refractivity contribution >= 4 is 23.2 Å². The van der Waals surface area contributed by atoms with Crippen LogP contribution in [0.4, 0.5) is 11.4 Å². The highest BCUT2D eigenvalue weighted by atomic mass is 16.2. The molecule has 5 nitrogen and oxygen atoms in total. The highest BCUT2D eigenvalue weighted by Gasteiger charge is 2.20. The van der Waals surface area contributed by atoms with Crippen LogP contribution in [0.2, 0.25) is 0 Å². The Morgan fingerprint density at radius 2 is 1.57 bits per heavy atom. The van der Waals surface area contributed by atoms with Gasteiger partial charge in [0.05, 0.1) is 0 Å². The maximum atomic E-state index is 11.9. The first kappa shape index (κ1) is 17.2. The molecule has 0 radical (unpaired) electrons. The van der Waals surface area contributed by atoms with E-state index in [2.05, 4.69) is 10.6 Å². The van der Waals surface area contributed by atoms with Crippen LogP contribution >= 0.6 is 0 Å². The standard InChI is InChI=1S/C16H25N3O2/c1-11(17)5-10-14(20)18-12-6-8-13(9-7-12)19-15(21)16(2,3)4/h6-9,11H,5,10,17H2,1-4H3,(H,18,20)(H,19,21). The molecular formula is C16H25N3O2. The van der Waals surface area contributed by atoms with Crippen molar-refractivity contribution in [3.8, 4) is 0 Å². The molecule has 4 N–H and O–H groups in total. The predicted molar refractivity (Wildman–Crippen MR) is 86.0 cm³/mol. The van der Waals surface area contributed by atoms with Gasteiger partial charge >= 0.3 is 0 Å². The van der Waals surface area contributed by atoms with Crippen molar-refractivity contribution in [1.82, 2.24) is 0 Å². The van der Waals surface area contributed by atoms with E-state index in [0.29, 0.717) is 24.2 Å². The van der Waals surface area contributed by atoms with Crippen LogP contribution in [0.3, 0.4) is 0 Å². The summed E-state index contributed by atoms with van der Waals surface area (Å²) in [6.07, 6.45) is 1.06. The summed E-state index contributed by atoms with van der Waals surface area (Å²) in [6, 6.07) is 7.09. The maximum Gasteiger partial charge on any atom is 0.229 e. The Labute approximate surface area is 126 Å². The molecule has 0 heterocycles. The van der Waals surface area contributed by atoms with Crippen molar-refractivity contribution in [3.63, 3.8) is 0 Å². The summed E-state index contributed by atoms with van der Waals surface area (Å²) in [5.74, 6) is -0.102. The van der Waals surface area contributed by atoms with Gasteiger partial charge in [0.25, 0.3) is 0 Å². The van der Waals surface area contributed by atoms with E-state index in [0.717, 1.165) is 0 Å². The van der Waals surface area contributed by atoms with E-state index in [9.17, 15) is 9.59 Å². The lowest BCUT2D eigenvalue weighted by molar-refractivity contribution is -0.123. The molecule has 1 rings (SSSR count). The van der Waals surface area contributed by atoms with Crippen LogP contribution in [0, 0.1) is 5.41 Å². The van der Waals surface area contributed by atoms with Crippen LogP contribution < -0.4 is 16.4 Å². The summed E-state index contributed by atoms with van der Waals surface area (Å²) in [5.41, 5.74) is 6.59. The fraction of sp³-hybridized carbons (Fsp3) is 0.500. The molecule has 0 saturated heterocycles. The van der Waals surface area contributed by atoms with Gasteiger partial charge in [-0.2, -0.15) is 0 Å². The SMILES string of the molecule is CC(N)CCC(=O)Nc1ccc(NC(=O)C(C)(C)C)cc1. The van der Waals surface area contributed by atoms with Gasteiger partial charge in [-0.1, -0.05) is 20.8 Å². The Morgan fingerprint density at radius 3 is 2.00 bits per heavy atom. The molecule has 1 aromatic carbocycles. The van der Waals surface area contributed by atoms with Crippen LogP contribution in [0.25, 0.3) is 0 Å². The lowest BCUT2D eigenvalue weighted by Crippen LogP contribution is -2.27. The largest absolute Gasteiger partial charge is 0.328 e. The van der Waals surface area contributed by atoms with Gasteiger partial charge in [0.2, 0.25) is 11.8 Å². The van der Waals surface area contributed by atoms with Crippen LogP contribution in [0.15, 0.2) is 24.3 Å². The molecule has 21 heavy (non-hydrogen) atoms. The maximum absolute atomic E-state index is 11.9. The van der Waals surface area contributed by atoms with Gasteiger partial charge in [0.1, 0.15) is 0 Å². The molecule has 1 atom stereocenters. The van der Waals surface area contributed by atoms with Crippen LogP contribution in [0.5, 0.6) is 0 Å². The summed E-state index contributed by atoms with van der Waals surface area (Å²) in [6.45, 7) is 7.44. The summed E-state index contributed by atoms with van der Waals surface area (Å²) in [4.78, 5) is 23.5. The lowest BCUT2D eigenvalue weighted by Gasteiger charge is -2.17. The Kier molecular flexibility index (Phi) is 5.90. The molecule has 0 spiro atoms. The minimum absolute atomic E-state index is 0.0192. The van der Waals surface area contributed by atoms with Crippen LogP contribution in [-0.4, -0.2) is 17.9 Å². The molecule has 116 valence electrons.